The van der Waals surface area contributed by atoms with E-state index in [-0.39, 0.29) is 0 Å². The summed E-state index contributed by atoms with van der Waals surface area (Å²) in [7, 11) is 1.70. The van der Waals surface area contributed by atoms with Crippen molar-refractivity contribution in [3.63, 3.8) is 0 Å². The monoisotopic (exact) mass is 309 g/mol. The Balaban J connectivity index is 2.39. The van der Waals surface area contributed by atoms with E-state index in [1.54, 1.807) is 13.2 Å². The molecule has 0 aromatic heterocycles. The maximum absolute atomic E-state index is 10.2. The van der Waals surface area contributed by atoms with Crippen molar-refractivity contribution in [2.24, 2.45) is 4.99 Å². The zero-order valence-electron chi connectivity index (χ0n) is 10.4. The Hall–Kier alpha value is -1.12. The molecule has 1 saturated carbocycles. The van der Waals surface area contributed by atoms with Gasteiger partial charge in [-0.1, -0.05) is 12.8 Å². The van der Waals surface area contributed by atoms with Gasteiger partial charge in [0.1, 0.15) is 5.75 Å². The van der Waals surface area contributed by atoms with Crippen molar-refractivity contribution in [3.05, 3.63) is 27.7 Å². The van der Waals surface area contributed by atoms with Crippen LogP contribution in [-0.2, 0) is 11.3 Å². The minimum Gasteiger partial charge on any atom is -0.495 e. The van der Waals surface area contributed by atoms with Gasteiger partial charge < -0.3 is 4.74 Å². The second-order valence-corrected chi connectivity index (χ2v) is 5.44. The molecule has 1 aliphatic carbocycles. The fourth-order valence-electron chi connectivity index (χ4n) is 2.64. The molecule has 2 rings (SSSR count). The summed E-state index contributed by atoms with van der Waals surface area (Å²) in [4.78, 5) is 13.8. The van der Waals surface area contributed by atoms with E-state index in [1.807, 2.05) is 6.07 Å². The third-order valence-electron chi connectivity index (χ3n) is 3.46. The van der Waals surface area contributed by atoms with Crippen LogP contribution in [0.4, 0.5) is 0 Å². The van der Waals surface area contributed by atoms with E-state index in [1.165, 1.54) is 31.2 Å². The lowest BCUT2D eigenvalue weighted by Gasteiger charge is -2.17. The topological polar surface area (TPSA) is 38.7 Å². The number of isocyanates is 1. The highest BCUT2D eigenvalue weighted by atomic mass is 79.9. The van der Waals surface area contributed by atoms with Crippen LogP contribution in [0.15, 0.2) is 21.6 Å². The zero-order valence-corrected chi connectivity index (χ0v) is 12.0. The van der Waals surface area contributed by atoms with Crippen LogP contribution < -0.4 is 4.74 Å². The first-order chi connectivity index (χ1) is 8.76. The molecule has 3 nitrogen and oxygen atoms in total. The molecule has 1 aromatic rings. The highest BCUT2D eigenvalue weighted by molar-refractivity contribution is 9.10. The average molecular weight is 310 g/mol. The lowest BCUT2D eigenvalue weighted by Crippen LogP contribution is -2.00. The molecule has 0 bridgehead atoms. The van der Waals surface area contributed by atoms with Crippen LogP contribution in [0.2, 0.25) is 0 Å². The minimum atomic E-state index is 0.381. The number of hydrogen-bond donors (Lipinski definition) is 0. The number of halogens is 1. The molecule has 4 heteroatoms. The van der Waals surface area contributed by atoms with Crippen LogP contribution in [0.3, 0.4) is 0 Å². The molecule has 0 heterocycles. The van der Waals surface area contributed by atoms with Crippen molar-refractivity contribution in [2.75, 3.05) is 7.11 Å². The van der Waals surface area contributed by atoms with Gasteiger partial charge >= 0.3 is 0 Å². The van der Waals surface area contributed by atoms with Gasteiger partial charge in [0.05, 0.1) is 18.1 Å². The third-order valence-corrected chi connectivity index (χ3v) is 4.05. The smallest absolute Gasteiger partial charge is 0.235 e. The molecule has 0 radical (unpaired) electrons. The summed E-state index contributed by atoms with van der Waals surface area (Å²) < 4.78 is 6.43. The summed E-state index contributed by atoms with van der Waals surface area (Å²) >= 11 is 3.53. The van der Waals surface area contributed by atoms with Crippen LogP contribution in [0.25, 0.3) is 0 Å². The Bertz CT molecular complexity index is 475. The van der Waals surface area contributed by atoms with E-state index >= 15 is 0 Å². The molecule has 0 unspecified atom stereocenters. The van der Waals surface area contributed by atoms with Gasteiger partial charge in [-0.25, -0.2) is 9.79 Å². The molecular weight excluding hydrogens is 294 g/mol. The maximum Gasteiger partial charge on any atom is 0.235 e. The number of ether oxygens (including phenoxy) is 1. The molecule has 18 heavy (non-hydrogen) atoms. The van der Waals surface area contributed by atoms with Gasteiger partial charge in [0, 0.05) is 0 Å². The van der Waals surface area contributed by atoms with Crippen molar-refractivity contribution in [2.45, 2.75) is 38.1 Å². The number of hydrogen-bond acceptors (Lipinski definition) is 3. The first kappa shape index (κ1) is 13.3. The quantitative estimate of drug-likeness (QED) is 0.624. The highest BCUT2D eigenvalue weighted by Crippen LogP contribution is 2.42. The van der Waals surface area contributed by atoms with Crippen molar-refractivity contribution < 1.29 is 9.53 Å². The van der Waals surface area contributed by atoms with Gasteiger partial charge in [-0.2, -0.15) is 0 Å². The predicted octanol–water partition coefficient (Wildman–Crippen LogP) is 3.95. The SMILES string of the molecule is COc1c(Br)cc(CN=C=O)cc1C1CCCC1. The van der Waals surface area contributed by atoms with Crippen LogP contribution in [0, 0.1) is 0 Å². The minimum absolute atomic E-state index is 0.381. The van der Waals surface area contributed by atoms with Gasteiger partial charge in [0.15, 0.2) is 0 Å². The van der Waals surface area contributed by atoms with Crippen LogP contribution >= 0.6 is 15.9 Å². The second kappa shape index (κ2) is 6.17. The van der Waals surface area contributed by atoms with Gasteiger partial charge in [0.2, 0.25) is 6.08 Å². The summed E-state index contributed by atoms with van der Waals surface area (Å²) in [5.41, 5.74) is 2.26. The molecule has 0 atom stereocenters. The standard InChI is InChI=1S/C14H16BrNO2/c1-18-14-12(11-4-2-3-5-11)6-10(7-13(14)15)8-16-9-17/h6-7,11H,2-5,8H2,1H3. The van der Waals surface area contributed by atoms with E-state index in [0.29, 0.717) is 12.5 Å². The average Bonchev–Trinajstić information content (AvgIpc) is 2.89. The van der Waals surface area contributed by atoms with Crippen molar-refractivity contribution in [1.82, 2.24) is 0 Å². The molecule has 1 aliphatic rings. The maximum atomic E-state index is 10.2. The Morgan fingerprint density at radius 2 is 2.17 bits per heavy atom. The number of carbonyl (C=O) groups excluding carboxylic acids is 1. The predicted molar refractivity (Wildman–Crippen MR) is 73.7 cm³/mol. The van der Waals surface area contributed by atoms with Crippen LogP contribution in [-0.4, -0.2) is 13.2 Å². The summed E-state index contributed by atoms with van der Waals surface area (Å²) in [5, 5.41) is 0. The summed E-state index contributed by atoms with van der Waals surface area (Å²) in [6.45, 7) is 0.381. The Labute approximate surface area is 115 Å². The number of methoxy groups -OCH3 is 1. The summed E-state index contributed by atoms with van der Waals surface area (Å²) in [6.07, 6.45) is 6.56. The first-order valence-corrected chi connectivity index (χ1v) is 6.95. The van der Waals surface area contributed by atoms with Crippen molar-refractivity contribution in [1.29, 1.82) is 0 Å². The fourth-order valence-corrected chi connectivity index (χ4v) is 3.33. The van der Waals surface area contributed by atoms with E-state index in [2.05, 4.69) is 27.0 Å². The van der Waals surface area contributed by atoms with Gasteiger partial charge in [0.25, 0.3) is 0 Å². The molecular formula is C14H16BrNO2. The van der Waals surface area contributed by atoms with E-state index in [4.69, 9.17) is 4.74 Å². The molecule has 96 valence electrons. The van der Waals surface area contributed by atoms with Gasteiger partial charge in [-0.05, 0) is 57.9 Å². The van der Waals surface area contributed by atoms with Crippen molar-refractivity contribution in [3.8, 4) is 5.75 Å². The van der Waals surface area contributed by atoms with E-state index in [9.17, 15) is 4.79 Å². The summed E-state index contributed by atoms with van der Waals surface area (Å²) in [6, 6.07) is 4.07. The Morgan fingerprint density at radius 1 is 1.44 bits per heavy atom. The molecule has 1 aromatic carbocycles. The Morgan fingerprint density at radius 3 is 2.78 bits per heavy atom. The molecule has 0 amide bonds. The molecule has 0 saturated heterocycles. The normalized spacial score (nSPS) is 15.4. The first-order valence-electron chi connectivity index (χ1n) is 6.16. The highest BCUT2D eigenvalue weighted by Gasteiger charge is 2.22. The zero-order chi connectivity index (χ0) is 13.0. The molecule has 1 fully saturated rings. The van der Waals surface area contributed by atoms with Crippen LogP contribution in [0.5, 0.6) is 5.75 Å². The number of nitrogens with zero attached hydrogens (tertiary/aromatic N) is 1. The summed E-state index contributed by atoms with van der Waals surface area (Å²) in [5.74, 6) is 1.48. The fraction of sp³-hybridized carbons (Fsp3) is 0.500. The van der Waals surface area contributed by atoms with Crippen LogP contribution in [0.1, 0.15) is 42.7 Å². The van der Waals surface area contributed by atoms with Crippen molar-refractivity contribution >= 4 is 22.0 Å². The number of benzene rings is 1. The van der Waals surface area contributed by atoms with Gasteiger partial charge in [-0.3, -0.25) is 0 Å². The van der Waals surface area contributed by atoms with E-state index in [0.717, 1.165) is 15.8 Å². The lowest BCUT2D eigenvalue weighted by atomic mass is 9.95. The Kier molecular flexibility index (Phi) is 4.56. The number of aliphatic imine (C=N–C) groups is 1. The largest absolute Gasteiger partial charge is 0.495 e. The molecule has 0 aliphatic heterocycles. The van der Waals surface area contributed by atoms with Gasteiger partial charge in [-0.15, -0.1) is 0 Å². The lowest BCUT2D eigenvalue weighted by molar-refractivity contribution is 0.402. The molecule has 0 N–H and O–H groups in total. The number of rotatable bonds is 4. The second-order valence-electron chi connectivity index (χ2n) is 4.59. The third kappa shape index (κ3) is 2.82. The van der Waals surface area contributed by atoms with E-state index < -0.39 is 0 Å². The molecule has 0 spiro atoms.